The van der Waals surface area contributed by atoms with Crippen molar-refractivity contribution < 1.29 is 6.21 Å². The molecule has 0 saturated carbocycles. The topological polar surface area (TPSA) is 43.1 Å². The molecule has 0 spiro atoms. The van der Waals surface area contributed by atoms with Gasteiger partial charge in [0.05, 0.1) is 0 Å². The molecule has 0 aromatic heterocycles. The Bertz CT molecular complexity index is 112. The maximum atomic E-state index is 10.8. The molecule has 0 fully saturated rings. The van der Waals surface area contributed by atoms with Crippen LogP contribution in [0.2, 0.25) is 1.41 Å². The zero-order valence-electron chi connectivity index (χ0n) is 6.62. The van der Waals surface area contributed by atoms with E-state index in [0.29, 0.717) is 0 Å². The van der Waals surface area contributed by atoms with Crippen molar-refractivity contribution in [2.45, 2.75) is 27.2 Å². The average molecular weight is 116 g/mol. The molecule has 0 aliphatic heterocycles. The van der Waals surface area contributed by atoms with E-state index >= 15 is 0 Å². The Morgan fingerprint density at radius 2 is 2.38 bits per heavy atom. The minimum atomic E-state index is -0.387. The predicted octanol–water partition coefficient (Wildman–Crippen LogP) is 0.908. The van der Waals surface area contributed by atoms with Crippen LogP contribution in [-0.2, 0) is 4.79 Å². The molecule has 0 rings (SSSR count). The van der Waals surface area contributed by atoms with Gasteiger partial charge in [-0.15, -0.1) is 0 Å². The van der Waals surface area contributed by atoms with E-state index in [-0.39, 0.29) is 11.3 Å². The summed E-state index contributed by atoms with van der Waals surface area (Å²) in [6.07, 6.45) is 0.762. The molecule has 1 amide bonds. The number of primary amides is 1. The van der Waals surface area contributed by atoms with Gasteiger partial charge in [0.25, 0.3) is 0 Å². The largest absolute Gasteiger partial charge is 0.369 e. The number of hydrogen-bond donors (Lipinski definition) is 1. The van der Waals surface area contributed by atoms with Crippen molar-refractivity contribution in [3.8, 4) is 0 Å². The number of amides is 1. The van der Waals surface area contributed by atoms with Gasteiger partial charge < -0.3 is 5.73 Å². The first kappa shape index (κ1) is 5.60. The van der Waals surface area contributed by atoms with Crippen LogP contribution >= 0.6 is 0 Å². The molecule has 2 nitrogen and oxygen atoms in total. The van der Waals surface area contributed by atoms with Crippen LogP contribution in [0.15, 0.2) is 0 Å². The number of carbonyl (C=O) groups excluding carboxylic acids is 1. The molecule has 0 aromatic carbocycles. The van der Waals surface area contributed by atoms with E-state index in [1.165, 1.54) is 0 Å². The fraction of sp³-hybridized carbons (Fsp3) is 0.833. The second kappa shape index (κ2) is 2.16. The van der Waals surface area contributed by atoms with E-state index in [0.717, 1.165) is 6.42 Å². The minimum absolute atomic E-state index is 0.218. The highest BCUT2D eigenvalue weighted by molar-refractivity contribution is 5.79. The molecule has 0 aliphatic rings. The third-order valence-corrected chi connectivity index (χ3v) is 1.50. The number of hydrogen-bond acceptors (Lipinski definition) is 1. The van der Waals surface area contributed by atoms with Gasteiger partial charge in [-0.05, 0) is 6.42 Å². The summed E-state index contributed by atoms with van der Waals surface area (Å²) in [6.45, 7) is 5.56. The van der Waals surface area contributed by atoms with Gasteiger partial charge >= 0.3 is 0 Å². The third kappa shape index (κ3) is 1.52. The predicted molar refractivity (Wildman–Crippen MR) is 33.3 cm³/mol. The van der Waals surface area contributed by atoms with Gasteiger partial charge in [-0.3, -0.25) is 4.79 Å². The van der Waals surface area contributed by atoms with E-state index in [1.807, 2.05) is 26.5 Å². The van der Waals surface area contributed by atoms with Crippen LogP contribution in [-0.4, -0.2) is 5.91 Å². The molecule has 2 heteroatoms. The minimum Gasteiger partial charge on any atom is -0.369 e. The van der Waals surface area contributed by atoms with E-state index in [9.17, 15) is 4.79 Å². The lowest BCUT2D eigenvalue weighted by molar-refractivity contribution is -0.126. The molecule has 0 atom stereocenters. The Hall–Kier alpha value is -0.530. The smallest absolute Gasteiger partial charge is 0.223 e. The number of nitrogens with two attached hydrogens (primary N) is 1. The van der Waals surface area contributed by atoms with E-state index < -0.39 is 0 Å². The molecular weight excluding hydrogens is 102 g/mol. The van der Waals surface area contributed by atoms with Gasteiger partial charge in [-0.25, -0.2) is 0 Å². The van der Waals surface area contributed by atoms with Crippen molar-refractivity contribution in [1.29, 1.82) is 0 Å². The van der Waals surface area contributed by atoms with Crippen molar-refractivity contribution >= 4 is 5.91 Å². The summed E-state index contributed by atoms with van der Waals surface area (Å²) in [5, 5.41) is 0. The molecule has 0 bridgehead atoms. The van der Waals surface area contributed by atoms with E-state index in [2.05, 4.69) is 0 Å². The molecule has 0 aliphatic carbocycles. The van der Waals surface area contributed by atoms with Gasteiger partial charge in [-0.2, -0.15) is 0 Å². The number of carbonyl (C=O) groups is 1. The van der Waals surface area contributed by atoms with Crippen LogP contribution in [0.4, 0.5) is 0 Å². The van der Waals surface area contributed by atoms with Crippen LogP contribution in [0, 0.1) is 5.41 Å². The first-order chi connectivity index (χ1) is 4.04. The summed E-state index contributed by atoms with van der Waals surface area (Å²) in [5.41, 5.74) is 1.48. The zero-order valence-corrected chi connectivity index (χ0v) is 5.62. The highest BCUT2D eigenvalue weighted by Crippen LogP contribution is 2.17. The summed E-state index contributed by atoms with van der Waals surface area (Å²) in [7, 11) is 0. The summed E-state index contributed by atoms with van der Waals surface area (Å²) in [4.78, 5) is 10.8. The molecule has 8 heavy (non-hydrogen) atoms. The molecular formula is C6H13NO. The molecule has 0 radical (unpaired) electrons. The van der Waals surface area contributed by atoms with Gasteiger partial charge in [0, 0.05) is 5.41 Å². The number of rotatable bonds is 2. The van der Waals surface area contributed by atoms with E-state index in [1.54, 1.807) is 0 Å². The van der Waals surface area contributed by atoms with Crippen molar-refractivity contribution in [2.24, 2.45) is 11.1 Å². The Labute approximate surface area is 51.5 Å². The highest BCUT2D eigenvalue weighted by atomic mass is 16.1. The second-order valence-corrected chi connectivity index (χ2v) is 2.57. The quantitative estimate of drug-likeness (QED) is 0.572. The van der Waals surface area contributed by atoms with E-state index in [4.69, 9.17) is 1.41 Å². The van der Waals surface area contributed by atoms with Gasteiger partial charge in [0.2, 0.25) is 5.91 Å². The lowest BCUT2D eigenvalue weighted by Crippen LogP contribution is -2.30. The second-order valence-electron chi connectivity index (χ2n) is 2.57. The van der Waals surface area contributed by atoms with Crippen LogP contribution in [0.1, 0.15) is 27.2 Å². The zero-order chi connectivity index (χ0) is 7.49. The summed E-state index contributed by atoms with van der Waals surface area (Å²) < 4.78 is 6.57. The van der Waals surface area contributed by atoms with Gasteiger partial charge in [-0.1, -0.05) is 20.8 Å². The highest BCUT2D eigenvalue weighted by Gasteiger charge is 2.21. The first-order valence-corrected chi connectivity index (χ1v) is 2.76. The third-order valence-electron chi connectivity index (χ3n) is 1.50. The monoisotopic (exact) mass is 116 g/mol. The Morgan fingerprint density at radius 3 is 2.50 bits per heavy atom. The summed E-state index contributed by atoms with van der Waals surface area (Å²) >= 11 is 0. The van der Waals surface area contributed by atoms with Gasteiger partial charge in [0.1, 0.15) is 0 Å². The standard InChI is InChI=1S/C6H13NO/c1-4-6(2,3)5(7)8/h4H2,1-3H3,(H2,7,8)/i/hD. The fourth-order valence-electron chi connectivity index (χ4n) is 0.161. The van der Waals surface area contributed by atoms with Crippen LogP contribution in [0.5, 0.6) is 0 Å². The van der Waals surface area contributed by atoms with Crippen molar-refractivity contribution in [3.63, 3.8) is 0 Å². The Kier molecular flexibility index (Phi) is 1.51. The maximum Gasteiger partial charge on any atom is 0.223 e. The first-order valence-electron chi connectivity index (χ1n) is 3.26. The lowest BCUT2D eigenvalue weighted by atomic mass is 9.90. The summed E-state index contributed by atoms with van der Waals surface area (Å²) in [6, 6.07) is 0. The Morgan fingerprint density at radius 1 is 1.88 bits per heavy atom. The van der Waals surface area contributed by atoms with Crippen molar-refractivity contribution in [3.05, 3.63) is 0 Å². The van der Waals surface area contributed by atoms with Crippen molar-refractivity contribution in [2.75, 3.05) is 0 Å². The van der Waals surface area contributed by atoms with Crippen LogP contribution < -0.4 is 5.73 Å². The molecule has 0 saturated heterocycles. The van der Waals surface area contributed by atoms with Gasteiger partial charge in [0.15, 0.2) is 1.41 Å². The van der Waals surface area contributed by atoms with Crippen LogP contribution in [0.25, 0.3) is 0 Å². The molecule has 2 N–H and O–H groups in total. The molecule has 48 valence electrons. The van der Waals surface area contributed by atoms with Crippen LogP contribution in [0.3, 0.4) is 0 Å². The SMILES string of the molecule is [2H]NC(=O)C(C)(C)CC. The molecule has 0 aromatic rings. The molecule has 0 unspecified atom stereocenters. The molecule has 0 heterocycles. The summed E-state index contributed by atoms with van der Waals surface area (Å²) in [5.74, 6) is -0.218. The lowest BCUT2D eigenvalue weighted by Gasteiger charge is -2.16. The maximum absolute atomic E-state index is 10.8. The fourth-order valence-corrected chi connectivity index (χ4v) is 0.161. The van der Waals surface area contributed by atoms with Crippen molar-refractivity contribution in [1.82, 2.24) is 0 Å². The average Bonchev–Trinajstić information content (AvgIpc) is 1.86. The Balaban J connectivity index is 3.97. The normalized spacial score (nSPS) is 12.6.